The number of methoxy groups -OCH3 is 1. The zero-order valence-electron chi connectivity index (χ0n) is 17.1. The van der Waals surface area contributed by atoms with Crippen LogP contribution in [-0.4, -0.2) is 54.5 Å². The lowest BCUT2D eigenvalue weighted by molar-refractivity contribution is -0.115. The first-order valence-corrected chi connectivity index (χ1v) is 10.5. The minimum absolute atomic E-state index is 0.154. The summed E-state index contributed by atoms with van der Waals surface area (Å²) in [5.41, 5.74) is 7.46. The van der Waals surface area contributed by atoms with E-state index in [-0.39, 0.29) is 24.5 Å². The summed E-state index contributed by atoms with van der Waals surface area (Å²) >= 11 is 1.33. The molecule has 0 atom stereocenters. The van der Waals surface area contributed by atoms with Crippen LogP contribution in [0.2, 0.25) is 0 Å². The first kappa shape index (κ1) is 23.1. The van der Waals surface area contributed by atoms with E-state index in [1.807, 2.05) is 12.3 Å². The van der Waals surface area contributed by atoms with Gasteiger partial charge in [-0.25, -0.2) is 9.78 Å². The van der Waals surface area contributed by atoms with Crippen LogP contribution >= 0.6 is 11.3 Å². The van der Waals surface area contributed by atoms with E-state index in [9.17, 15) is 14.4 Å². The van der Waals surface area contributed by atoms with Gasteiger partial charge in [-0.1, -0.05) is 0 Å². The van der Waals surface area contributed by atoms with Crippen molar-refractivity contribution < 1.29 is 19.1 Å². The van der Waals surface area contributed by atoms with E-state index < -0.39 is 0 Å². The molecule has 1 aromatic heterocycles. The molecule has 0 bridgehead atoms. The van der Waals surface area contributed by atoms with Crippen LogP contribution in [0.4, 0.5) is 15.6 Å². The Kier molecular flexibility index (Phi) is 9.07. The fraction of sp³-hybridized carbons (Fsp3) is 0.400. The molecule has 0 radical (unpaired) electrons. The van der Waals surface area contributed by atoms with Crippen LogP contribution < -0.4 is 16.4 Å². The number of nitrogen functional groups attached to an aromatic ring is 1. The van der Waals surface area contributed by atoms with Crippen LogP contribution in [-0.2, 0) is 16.0 Å². The van der Waals surface area contributed by atoms with Gasteiger partial charge >= 0.3 is 6.09 Å². The molecule has 0 aliphatic carbocycles. The van der Waals surface area contributed by atoms with Gasteiger partial charge < -0.3 is 26.0 Å². The molecule has 10 heteroatoms. The van der Waals surface area contributed by atoms with Gasteiger partial charge in [-0.3, -0.25) is 9.59 Å². The standard InChI is InChI=1S/C20H27N5O4S/c1-3-25(20(28)29-2)11-5-4-6-16-13-30-19(23-16)24-17(26)12-22-18(27)14-7-9-15(21)10-8-14/h7-10,13H,3-6,11-12,21H2,1-2H3,(H,22,27)(H,23,24,26). The number of amides is 3. The Labute approximate surface area is 179 Å². The number of thiazole rings is 1. The lowest BCUT2D eigenvalue weighted by Crippen LogP contribution is -2.32. The van der Waals surface area contributed by atoms with Crippen molar-refractivity contribution in [2.24, 2.45) is 0 Å². The monoisotopic (exact) mass is 433 g/mol. The molecule has 30 heavy (non-hydrogen) atoms. The van der Waals surface area contributed by atoms with Crippen LogP contribution in [0, 0.1) is 0 Å². The summed E-state index contributed by atoms with van der Waals surface area (Å²) in [5.74, 6) is -0.700. The van der Waals surface area contributed by atoms with Gasteiger partial charge in [0.1, 0.15) is 0 Å². The molecule has 0 aliphatic rings. The topological polar surface area (TPSA) is 127 Å². The molecule has 0 saturated carbocycles. The molecule has 3 amide bonds. The predicted octanol–water partition coefficient (Wildman–Crippen LogP) is 2.50. The van der Waals surface area contributed by atoms with Gasteiger partial charge in [0.05, 0.1) is 19.3 Å². The lowest BCUT2D eigenvalue weighted by atomic mass is 10.2. The van der Waals surface area contributed by atoms with Gasteiger partial charge in [0.15, 0.2) is 5.13 Å². The van der Waals surface area contributed by atoms with Gasteiger partial charge in [0.25, 0.3) is 5.91 Å². The zero-order valence-corrected chi connectivity index (χ0v) is 18.0. The third kappa shape index (κ3) is 7.36. The molecule has 2 rings (SSSR count). The van der Waals surface area contributed by atoms with Crippen LogP contribution in [0.15, 0.2) is 29.6 Å². The van der Waals surface area contributed by atoms with Crippen molar-refractivity contribution in [2.75, 3.05) is 37.8 Å². The maximum absolute atomic E-state index is 12.0. The second kappa shape index (κ2) is 11.8. The Bertz CT molecular complexity index is 853. The van der Waals surface area contributed by atoms with Gasteiger partial charge in [0, 0.05) is 29.7 Å². The number of aryl methyl sites for hydroxylation is 1. The maximum atomic E-state index is 12.0. The number of carbonyl (C=O) groups is 3. The van der Waals surface area contributed by atoms with E-state index in [2.05, 4.69) is 15.6 Å². The van der Waals surface area contributed by atoms with E-state index in [1.165, 1.54) is 18.4 Å². The highest BCUT2D eigenvalue weighted by atomic mass is 32.1. The number of hydrogen-bond acceptors (Lipinski definition) is 7. The smallest absolute Gasteiger partial charge is 0.409 e. The zero-order chi connectivity index (χ0) is 21.9. The van der Waals surface area contributed by atoms with E-state index in [4.69, 9.17) is 10.5 Å². The molecule has 162 valence electrons. The average Bonchev–Trinajstić information content (AvgIpc) is 3.19. The molecule has 2 aromatic rings. The highest BCUT2D eigenvalue weighted by molar-refractivity contribution is 7.13. The normalized spacial score (nSPS) is 10.3. The van der Waals surface area contributed by atoms with E-state index in [1.54, 1.807) is 29.2 Å². The number of nitrogens with two attached hydrogens (primary N) is 1. The van der Waals surface area contributed by atoms with Crippen molar-refractivity contribution in [3.05, 3.63) is 40.9 Å². The summed E-state index contributed by atoms with van der Waals surface area (Å²) < 4.78 is 4.73. The van der Waals surface area contributed by atoms with Gasteiger partial charge in [0.2, 0.25) is 5.91 Å². The first-order chi connectivity index (χ1) is 14.4. The van der Waals surface area contributed by atoms with Crippen LogP contribution in [0.3, 0.4) is 0 Å². The van der Waals surface area contributed by atoms with E-state index in [0.29, 0.717) is 29.5 Å². The van der Waals surface area contributed by atoms with Crippen molar-refractivity contribution in [3.8, 4) is 0 Å². The number of unbranched alkanes of at least 4 members (excludes halogenated alkanes) is 1. The largest absolute Gasteiger partial charge is 0.453 e. The minimum Gasteiger partial charge on any atom is -0.453 e. The summed E-state index contributed by atoms with van der Waals surface area (Å²) in [7, 11) is 1.37. The number of hydrogen-bond donors (Lipinski definition) is 3. The highest BCUT2D eigenvalue weighted by Gasteiger charge is 2.12. The quantitative estimate of drug-likeness (QED) is 0.390. The number of rotatable bonds is 10. The van der Waals surface area contributed by atoms with Crippen molar-refractivity contribution >= 4 is 40.1 Å². The Morgan fingerprint density at radius 2 is 1.93 bits per heavy atom. The van der Waals surface area contributed by atoms with Crippen LogP contribution in [0.5, 0.6) is 0 Å². The lowest BCUT2D eigenvalue weighted by Gasteiger charge is -2.18. The fourth-order valence-electron chi connectivity index (χ4n) is 2.66. The Balaban J connectivity index is 1.70. The molecule has 1 heterocycles. The molecule has 0 spiro atoms. The number of ether oxygens (including phenoxy) is 1. The number of benzene rings is 1. The van der Waals surface area contributed by atoms with Crippen molar-refractivity contribution in [1.82, 2.24) is 15.2 Å². The SMILES string of the molecule is CCN(CCCCc1csc(NC(=O)CNC(=O)c2ccc(N)cc2)n1)C(=O)OC. The molecule has 0 saturated heterocycles. The molecule has 0 fully saturated rings. The summed E-state index contributed by atoms with van der Waals surface area (Å²) in [6.45, 7) is 2.99. The van der Waals surface area contributed by atoms with Crippen molar-refractivity contribution in [3.63, 3.8) is 0 Å². The second-order valence-corrected chi connectivity index (χ2v) is 7.36. The molecule has 0 unspecified atom stereocenters. The Morgan fingerprint density at radius 1 is 1.20 bits per heavy atom. The number of nitrogens with one attached hydrogen (secondary N) is 2. The number of carbonyl (C=O) groups excluding carboxylic acids is 3. The van der Waals surface area contributed by atoms with Crippen LogP contribution in [0.25, 0.3) is 0 Å². The van der Waals surface area contributed by atoms with Gasteiger partial charge in [-0.05, 0) is 50.5 Å². The molecular weight excluding hydrogens is 406 g/mol. The molecule has 0 aliphatic heterocycles. The summed E-state index contributed by atoms with van der Waals surface area (Å²) in [4.78, 5) is 41.6. The van der Waals surface area contributed by atoms with E-state index in [0.717, 1.165) is 25.0 Å². The molecular formula is C20H27N5O4S. The summed E-state index contributed by atoms with van der Waals surface area (Å²) in [6, 6.07) is 6.45. The fourth-order valence-corrected chi connectivity index (χ4v) is 3.42. The van der Waals surface area contributed by atoms with E-state index >= 15 is 0 Å². The molecule has 1 aromatic carbocycles. The van der Waals surface area contributed by atoms with Crippen molar-refractivity contribution in [2.45, 2.75) is 26.2 Å². The Hall–Kier alpha value is -3.14. The summed E-state index contributed by atoms with van der Waals surface area (Å²) in [6.07, 6.45) is 2.13. The maximum Gasteiger partial charge on any atom is 0.409 e. The second-order valence-electron chi connectivity index (χ2n) is 6.50. The molecule has 4 N–H and O–H groups in total. The van der Waals surface area contributed by atoms with Crippen LogP contribution in [0.1, 0.15) is 35.8 Å². The first-order valence-electron chi connectivity index (χ1n) is 9.63. The number of nitrogens with zero attached hydrogens (tertiary/aromatic N) is 2. The number of aromatic nitrogens is 1. The van der Waals surface area contributed by atoms with Crippen molar-refractivity contribution in [1.29, 1.82) is 0 Å². The third-order valence-corrected chi connectivity index (χ3v) is 5.11. The minimum atomic E-state index is -0.351. The van der Waals surface area contributed by atoms with Gasteiger partial charge in [-0.2, -0.15) is 0 Å². The third-order valence-electron chi connectivity index (χ3n) is 4.31. The highest BCUT2D eigenvalue weighted by Crippen LogP contribution is 2.17. The Morgan fingerprint density at radius 3 is 2.60 bits per heavy atom. The predicted molar refractivity (Wildman–Crippen MR) is 117 cm³/mol. The summed E-state index contributed by atoms with van der Waals surface area (Å²) in [5, 5.41) is 7.62. The molecule has 9 nitrogen and oxygen atoms in total. The van der Waals surface area contributed by atoms with Gasteiger partial charge in [-0.15, -0.1) is 11.3 Å². The number of anilines is 2. The average molecular weight is 434 g/mol.